The van der Waals surface area contributed by atoms with Crippen molar-refractivity contribution in [3.05, 3.63) is 156 Å². The Hall–Kier alpha value is -7.47. The molecule has 4 aromatic heterocycles. The number of nitriles is 1. The largest absolute Gasteiger partial charge is 0.455 e. The second-order valence-electron chi connectivity index (χ2n) is 14.4. The van der Waals surface area contributed by atoms with E-state index in [1.165, 1.54) is 0 Å². The topological polar surface area (TPSA) is 59.9 Å². The highest BCUT2D eigenvalue weighted by atomic mass is 16.3. The molecule has 4 heterocycles. The van der Waals surface area contributed by atoms with E-state index in [4.69, 9.17) is 8.83 Å². The fourth-order valence-corrected chi connectivity index (χ4v) is 9.17. The first-order valence-electron chi connectivity index (χ1n) is 18.7. The van der Waals surface area contributed by atoms with Crippen molar-refractivity contribution in [1.29, 1.82) is 5.26 Å². The Morgan fingerprint density at radius 2 is 1.33 bits per heavy atom. The van der Waals surface area contributed by atoms with Crippen molar-refractivity contribution in [1.82, 2.24) is 9.13 Å². The number of benzene rings is 6. The van der Waals surface area contributed by atoms with E-state index in [1.54, 1.807) is 0 Å². The van der Waals surface area contributed by atoms with E-state index in [2.05, 4.69) is 124 Å². The van der Waals surface area contributed by atoms with E-state index in [0.717, 1.165) is 123 Å². The average molecular weight is 704 g/mol. The predicted molar refractivity (Wildman–Crippen MR) is 224 cm³/mol. The van der Waals surface area contributed by atoms with Crippen LogP contribution in [0, 0.1) is 23.2 Å². The molecule has 6 aromatic carbocycles. The molecule has 10 aromatic rings. The second-order valence-corrected chi connectivity index (χ2v) is 14.4. The zero-order chi connectivity index (χ0) is 36.2. The zero-order valence-electron chi connectivity index (χ0n) is 29.6. The molecule has 5 nitrogen and oxygen atoms in total. The highest BCUT2D eigenvalue weighted by molar-refractivity contribution is 6.24. The van der Waals surface area contributed by atoms with Gasteiger partial charge < -0.3 is 13.4 Å². The third-order valence-corrected chi connectivity index (χ3v) is 11.5. The Kier molecular flexibility index (Phi) is 6.15. The number of furan rings is 2. The first kappa shape index (κ1) is 30.0. The summed E-state index contributed by atoms with van der Waals surface area (Å²) in [6.07, 6.45) is 11.3. The Morgan fingerprint density at radius 3 is 2.09 bits per heavy atom. The van der Waals surface area contributed by atoms with Gasteiger partial charge >= 0.3 is 0 Å². The van der Waals surface area contributed by atoms with Gasteiger partial charge in [0.2, 0.25) is 0 Å². The molecule has 0 aliphatic heterocycles. The van der Waals surface area contributed by atoms with Crippen LogP contribution < -0.4 is 0 Å². The molecule has 0 saturated heterocycles. The summed E-state index contributed by atoms with van der Waals surface area (Å²) >= 11 is 0. The van der Waals surface area contributed by atoms with Gasteiger partial charge in [-0.15, -0.1) is 0 Å². The summed E-state index contributed by atoms with van der Waals surface area (Å²) in [5.74, 6) is 6.87. The molecule has 55 heavy (non-hydrogen) atoms. The molecule has 256 valence electrons. The van der Waals surface area contributed by atoms with Gasteiger partial charge in [0, 0.05) is 50.2 Å². The van der Waals surface area contributed by atoms with Gasteiger partial charge in [0.25, 0.3) is 0 Å². The molecular weight excluding hydrogens is 675 g/mol. The van der Waals surface area contributed by atoms with Gasteiger partial charge in [0.15, 0.2) is 0 Å². The Balaban J connectivity index is 1.11. The van der Waals surface area contributed by atoms with Crippen LogP contribution in [0.25, 0.3) is 99.6 Å². The number of aromatic nitrogens is 2. The summed E-state index contributed by atoms with van der Waals surface area (Å²) in [5, 5.41) is 18.4. The Labute approximate surface area is 314 Å². The number of para-hydroxylation sites is 4. The van der Waals surface area contributed by atoms with Crippen LogP contribution in [0.1, 0.15) is 41.6 Å². The third kappa shape index (κ3) is 4.13. The fraction of sp³-hybridized carbons (Fsp3) is 0.0600. The monoisotopic (exact) mass is 703 g/mol. The van der Waals surface area contributed by atoms with E-state index in [-0.39, 0.29) is 0 Å². The molecule has 12 rings (SSSR count). The van der Waals surface area contributed by atoms with E-state index in [9.17, 15) is 5.26 Å². The maximum absolute atomic E-state index is 10.7. The first-order chi connectivity index (χ1) is 27.3. The van der Waals surface area contributed by atoms with Gasteiger partial charge in [-0.1, -0.05) is 90.9 Å². The minimum Gasteiger partial charge on any atom is -0.455 e. The normalized spacial score (nSPS) is 14.1. The minimum absolute atomic E-state index is 0.595. The van der Waals surface area contributed by atoms with Crippen LogP contribution in [-0.2, 0) is 0 Å². The lowest BCUT2D eigenvalue weighted by atomic mass is 9.92. The fourth-order valence-electron chi connectivity index (χ4n) is 9.17. The average Bonchev–Trinajstić information content (AvgIpc) is 3.93. The molecule has 0 saturated carbocycles. The third-order valence-electron chi connectivity index (χ3n) is 11.5. The highest BCUT2D eigenvalue weighted by Gasteiger charge is 2.27. The van der Waals surface area contributed by atoms with Crippen molar-refractivity contribution in [2.24, 2.45) is 0 Å². The maximum Gasteiger partial charge on any atom is 0.145 e. The molecule has 0 spiro atoms. The lowest BCUT2D eigenvalue weighted by Gasteiger charge is -2.21. The highest BCUT2D eigenvalue weighted by Crippen LogP contribution is 2.45. The maximum atomic E-state index is 10.7. The zero-order valence-corrected chi connectivity index (χ0v) is 29.6. The molecule has 0 atom stereocenters. The molecule has 0 fully saturated rings. The predicted octanol–water partition coefficient (Wildman–Crippen LogP) is 12.9. The Morgan fingerprint density at radius 1 is 0.636 bits per heavy atom. The number of hydrogen-bond acceptors (Lipinski definition) is 3. The molecule has 2 aliphatic carbocycles. The summed E-state index contributed by atoms with van der Waals surface area (Å²) in [5.41, 5.74) is 13.3. The SMILES string of the molecule is N#Cc1cccc(C2=CC(n3c4ccccc4c4c5oc6ccccc6c5ccc43)=CCC2)c1-n1c2c(c3c4oc5ccccc5c4ccc31)C=CCC#C2. The number of allylic oxidation sites excluding steroid dienone is 5. The first-order valence-corrected chi connectivity index (χ1v) is 18.7. The van der Waals surface area contributed by atoms with Crippen molar-refractivity contribution in [2.45, 2.75) is 19.3 Å². The quantitative estimate of drug-likeness (QED) is 0.172. The number of fused-ring (bicyclic) bond motifs is 14. The van der Waals surface area contributed by atoms with Crippen LogP contribution in [0.5, 0.6) is 0 Å². The van der Waals surface area contributed by atoms with Crippen molar-refractivity contribution in [2.75, 3.05) is 0 Å². The molecule has 2 aliphatic rings. The standard InChI is InChI=1S/C50H29N3O2/c51-29-31-13-11-19-33(48(31)53-41-20-3-1-2-17-39(41)47-43(53)27-25-37-35-16-6-9-23-45(35)55-50(37)47)30-12-10-14-32(28-30)52-40-21-7-4-18-38(40)46-42(52)26-24-36-34-15-5-8-22-44(34)54-49(36)46/h2,4-9,11,13-19,21-28H,1,10,12H2. The molecule has 5 heteroatoms. The lowest BCUT2D eigenvalue weighted by Crippen LogP contribution is -2.07. The minimum atomic E-state index is 0.595. The summed E-state index contributed by atoms with van der Waals surface area (Å²) in [6, 6.07) is 42.4. The summed E-state index contributed by atoms with van der Waals surface area (Å²) in [7, 11) is 0. The smallest absolute Gasteiger partial charge is 0.145 e. The van der Waals surface area contributed by atoms with E-state index in [0.29, 0.717) is 12.0 Å². The molecule has 0 bridgehead atoms. The van der Waals surface area contributed by atoms with E-state index in [1.807, 2.05) is 42.5 Å². The van der Waals surface area contributed by atoms with Crippen molar-refractivity contribution in [3.63, 3.8) is 0 Å². The summed E-state index contributed by atoms with van der Waals surface area (Å²) in [6.45, 7) is 0. The van der Waals surface area contributed by atoms with Crippen molar-refractivity contribution < 1.29 is 8.83 Å². The molecule has 0 unspecified atom stereocenters. The van der Waals surface area contributed by atoms with Gasteiger partial charge in [0.1, 0.15) is 34.1 Å². The lowest BCUT2D eigenvalue weighted by molar-refractivity contribution is 0.672. The number of nitrogens with zero attached hydrogens (tertiary/aromatic N) is 3. The Bertz CT molecular complexity index is 3540. The van der Waals surface area contributed by atoms with Gasteiger partial charge in [-0.3, -0.25) is 4.57 Å². The van der Waals surface area contributed by atoms with Crippen LogP contribution in [0.2, 0.25) is 0 Å². The van der Waals surface area contributed by atoms with Gasteiger partial charge in [-0.2, -0.15) is 5.26 Å². The van der Waals surface area contributed by atoms with Gasteiger partial charge in [0.05, 0.1) is 38.6 Å². The van der Waals surface area contributed by atoms with Gasteiger partial charge in [-0.05, 0) is 78.9 Å². The van der Waals surface area contributed by atoms with Crippen LogP contribution in [-0.4, -0.2) is 9.13 Å². The van der Waals surface area contributed by atoms with Gasteiger partial charge in [-0.25, -0.2) is 0 Å². The van der Waals surface area contributed by atoms with Crippen molar-refractivity contribution in [3.8, 4) is 23.6 Å². The summed E-state index contributed by atoms with van der Waals surface area (Å²) < 4.78 is 17.8. The van der Waals surface area contributed by atoms with Crippen LogP contribution in [0.4, 0.5) is 0 Å². The van der Waals surface area contributed by atoms with Crippen LogP contribution in [0.3, 0.4) is 0 Å². The van der Waals surface area contributed by atoms with Crippen LogP contribution in [0.15, 0.2) is 142 Å². The van der Waals surface area contributed by atoms with Crippen molar-refractivity contribution >= 4 is 93.9 Å². The second kappa shape index (κ2) is 11.3. The van der Waals surface area contributed by atoms with Crippen LogP contribution >= 0.6 is 0 Å². The summed E-state index contributed by atoms with van der Waals surface area (Å²) in [4.78, 5) is 0. The molecule has 0 amide bonds. The van der Waals surface area contributed by atoms with E-state index < -0.39 is 0 Å². The molecule has 0 radical (unpaired) electrons. The number of hydrogen-bond donors (Lipinski definition) is 0. The molecule has 0 N–H and O–H groups in total. The molecular formula is C50H29N3O2. The number of rotatable bonds is 3. The van der Waals surface area contributed by atoms with E-state index >= 15 is 0 Å².